The van der Waals surface area contributed by atoms with Crippen LogP contribution in [0.1, 0.15) is 25.8 Å². The molecule has 0 bridgehead atoms. The molecule has 0 radical (unpaired) electrons. The number of hydrogen-bond donors (Lipinski definition) is 1. The number of aliphatic hydroxyl groups is 1. The molecule has 0 amide bonds. The van der Waals surface area contributed by atoms with Gasteiger partial charge in [-0.15, -0.1) is 0 Å². The minimum absolute atomic E-state index is 0.0146. The van der Waals surface area contributed by atoms with Crippen molar-refractivity contribution in [3.63, 3.8) is 0 Å². The van der Waals surface area contributed by atoms with E-state index in [1.807, 2.05) is 13.8 Å². The van der Waals surface area contributed by atoms with Gasteiger partial charge < -0.3 is 14.7 Å². The van der Waals surface area contributed by atoms with Crippen LogP contribution in [0.5, 0.6) is 0 Å². The third-order valence-corrected chi connectivity index (χ3v) is 3.49. The molecule has 1 fully saturated rings. The quantitative estimate of drug-likeness (QED) is 0.916. The van der Waals surface area contributed by atoms with E-state index >= 15 is 0 Å². The van der Waals surface area contributed by atoms with Crippen LogP contribution in [0.15, 0.2) is 12.1 Å². The smallest absolute Gasteiger partial charge is 0.149 e. The standard InChI is InChI=1S/C14H19F2NO2/c1-3-11-8-19-9(2)6-17(11)14-12(15)4-10(7-18)5-13(14)16/h4-5,9,11,18H,3,6-8H2,1-2H3. The Morgan fingerprint density at radius 2 is 2.00 bits per heavy atom. The van der Waals surface area contributed by atoms with Gasteiger partial charge in [-0.2, -0.15) is 0 Å². The zero-order valence-electron chi connectivity index (χ0n) is 11.2. The number of rotatable bonds is 3. The van der Waals surface area contributed by atoms with E-state index < -0.39 is 11.6 Å². The van der Waals surface area contributed by atoms with Crippen molar-refractivity contribution in [2.24, 2.45) is 0 Å². The maximum Gasteiger partial charge on any atom is 0.149 e. The van der Waals surface area contributed by atoms with E-state index in [0.717, 1.165) is 6.42 Å². The first-order valence-corrected chi connectivity index (χ1v) is 6.53. The summed E-state index contributed by atoms with van der Waals surface area (Å²) in [6.45, 7) is 4.42. The van der Waals surface area contributed by atoms with Gasteiger partial charge in [0.1, 0.15) is 17.3 Å². The molecule has 1 aromatic rings. The number of aliphatic hydroxyl groups excluding tert-OH is 1. The summed E-state index contributed by atoms with van der Waals surface area (Å²) in [7, 11) is 0. The highest BCUT2D eigenvalue weighted by Crippen LogP contribution is 2.30. The van der Waals surface area contributed by atoms with E-state index in [-0.39, 0.29) is 30.0 Å². The molecule has 1 N–H and O–H groups in total. The van der Waals surface area contributed by atoms with Crippen LogP contribution in [-0.2, 0) is 11.3 Å². The largest absolute Gasteiger partial charge is 0.392 e. The van der Waals surface area contributed by atoms with Gasteiger partial charge in [0.25, 0.3) is 0 Å². The monoisotopic (exact) mass is 271 g/mol. The fraction of sp³-hybridized carbons (Fsp3) is 0.571. The summed E-state index contributed by atoms with van der Waals surface area (Å²) in [5.74, 6) is -1.26. The highest BCUT2D eigenvalue weighted by Gasteiger charge is 2.29. The number of ether oxygens (including phenoxy) is 1. The van der Waals surface area contributed by atoms with Crippen LogP contribution in [0.3, 0.4) is 0 Å². The summed E-state index contributed by atoms with van der Waals surface area (Å²) < 4.78 is 33.7. The molecule has 3 nitrogen and oxygen atoms in total. The van der Waals surface area contributed by atoms with Crippen LogP contribution >= 0.6 is 0 Å². The highest BCUT2D eigenvalue weighted by molar-refractivity contribution is 5.52. The van der Waals surface area contributed by atoms with Crippen LogP contribution in [-0.4, -0.2) is 30.4 Å². The topological polar surface area (TPSA) is 32.7 Å². The number of hydrogen-bond acceptors (Lipinski definition) is 3. The van der Waals surface area contributed by atoms with Crippen molar-refractivity contribution in [1.29, 1.82) is 0 Å². The molecule has 2 unspecified atom stereocenters. The van der Waals surface area contributed by atoms with Crippen LogP contribution in [0.2, 0.25) is 0 Å². The maximum atomic E-state index is 14.1. The molecule has 0 saturated carbocycles. The molecule has 1 aliphatic rings. The van der Waals surface area contributed by atoms with Crippen molar-refractivity contribution in [2.45, 2.75) is 39.0 Å². The van der Waals surface area contributed by atoms with Gasteiger partial charge in [0.05, 0.1) is 25.4 Å². The lowest BCUT2D eigenvalue weighted by Crippen LogP contribution is -2.49. The van der Waals surface area contributed by atoms with Crippen molar-refractivity contribution in [3.8, 4) is 0 Å². The molecule has 5 heteroatoms. The van der Waals surface area contributed by atoms with Gasteiger partial charge in [-0.1, -0.05) is 6.92 Å². The highest BCUT2D eigenvalue weighted by atomic mass is 19.1. The van der Waals surface area contributed by atoms with Crippen LogP contribution in [0, 0.1) is 11.6 Å². The summed E-state index contributed by atoms with van der Waals surface area (Å²) in [4.78, 5) is 1.74. The SMILES string of the molecule is CCC1COC(C)CN1c1c(F)cc(CO)cc1F. The Hall–Kier alpha value is -1.20. The fourth-order valence-corrected chi connectivity index (χ4v) is 2.44. The molecular weight excluding hydrogens is 252 g/mol. The summed E-state index contributed by atoms with van der Waals surface area (Å²) >= 11 is 0. The van der Waals surface area contributed by atoms with Gasteiger partial charge >= 0.3 is 0 Å². The zero-order valence-corrected chi connectivity index (χ0v) is 11.2. The van der Waals surface area contributed by atoms with E-state index in [4.69, 9.17) is 9.84 Å². The molecule has 1 aliphatic heterocycles. The van der Waals surface area contributed by atoms with Crippen molar-refractivity contribution >= 4 is 5.69 Å². The molecule has 19 heavy (non-hydrogen) atoms. The van der Waals surface area contributed by atoms with Crippen molar-refractivity contribution in [1.82, 2.24) is 0 Å². The Morgan fingerprint density at radius 3 is 2.53 bits per heavy atom. The molecule has 0 aliphatic carbocycles. The number of benzene rings is 1. The van der Waals surface area contributed by atoms with E-state index in [1.165, 1.54) is 12.1 Å². The first-order chi connectivity index (χ1) is 9.06. The molecule has 2 atom stereocenters. The lowest BCUT2D eigenvalue weighted by molar-refractivity contribution is 0.0294. The molecule has 1 aromatic carbocycles. The van der Waals surface area contributed by atoms with Gasteiger partial charge in [-0.05, 0) is 31.0 Å². The second-order valence-corrected chi connectivity index (χ2v) is 4.92. The minimum atomic E-state index is -0.628. The first kappa shape index (κ1) is 14.2. The number of anilines is 1. The summed E-state index contributed by atoms with van der Waals surface area (Å²) in [5, 5.41) is 8.96. The number of nitrogens with zero attached hydrogens (tertiary/aromatic N) is 1. The lowest BCUT2D eigenvalue weighted by atomic mass is 10.1. The van der Waals surface area contributed by atoms with Gasteiger partial charge in [-0.3, -0.25) is 0 Å². The molecule has 1 saturated heterocycles. The summed E-state index contributed by atoms with van der Waals surface area (Å²) in [5.41, 5.74) is 0.229. The third-order valence-electron chi connectivity index (χ3n) is 3.49. The Bertz CT molecular complexity index is 430. The Kier molecular flexibility index (Phi) is 4.37. The van der Waals surface area contributed by atoms with Crippen LogP contribution < -0.4 is 4.90 Å². The molecule has 2 rings (SSSR count). The predicted molar refractivity (Wildman–Crippen MR) is 69.1 cm³/mol. The van der Waals surface area contributed by atoms with Crippen molar-refractivity contribution in [3.05, 3.63) is 29.3 Å². The fourth-order valence-electron chi connectivity index (χ4n) is 2.44. The number of morpholine rings is 1. The predicted octanol–water partition coefficient (Wildman–Crippen LogP) is 2.46. The van der Waals surface area contributed by atoms with Crippen LogP contribution in [0.25, 0.3) is 0 Å². The Balaban J connectivity index is 2.38. The van der Waals surface area contributed by atoms with Gasteiger partial charge in [0.2, 0.25) is 0 Å². The van der Waals surface area contributed by atoms with E-state index in [9.17, 15) is 8.78 Å². The molecule has 1 heterocycles. The molecular formula is C14H19F2NO2. The van der Waals surface area contributed by atoms with E-state index in [1.54, 1.807) is 4.90 Å². The Labute approximate surface area is 111 Å². The summed E-state index contributed by atoms with van der Waals surface area (Å²) in [6.07, 6.45) is 0.701. The van der Waals surface area contributed by atoms with Crippen molar-refractivity contribution < 1.29 is 18.6 Å². The third kappa shape index (κ3) is 2.87. The van der Waals surface area contributed by atoms with Gasteiger partial charge in [0.15, 0.2) is 0 Å². The lowest BCUT2D eigenvalue weighted by Gasteiger charge is -2.40. The molecule has 0 spiro atoms. The summed E-state index contributed by atoms with van der Waals surface area (Å²) in [6, 6.07) is 2.34. The maximum absolute atomic E-state index is 14.1. The zero-order chi connectivity index (χ0) is 14.0. The Morgan fingerprint density at radius 1 is 1.37 bits per heavy atom. The average molecular weight is 271 g/mol. The molecule has 0 aromatic heterocycles. The first-order valence-electron chi connectivity index (χ1n) is 6.53. The van der Waals surface area contributed by atoms with E-state index in [2.05, 4.69) is 0 Å². The average Bonchev–Trinajstić information content (AvgIpc) is 2.38. The second kappa shape index (κ2) is 5.84. The normalized spacial score (nSPS) is 23.7. The molecule has 106 valence electrons. The van der Waals surface area contributed by atoms with E-state index in [0.29, 0.717) is 13.2 Å². The number of halogens is 2. The second-order valence-electron chi connectivity index (χ2n) is 4.92. The minimum Gasteiger partial charge on any atom is -0.392 e. The van der Waals surface area contributed by atoms with Crippen LogP contribution in [0.4, 0.5) is 14.5 Å². The van der Waals surface area contributed by atoms with Gasteiger partial charge in [-0.25, -0.2) is 8.78 Å². The van der Waals surface area contributed by atoms with Gasteiger partial charge in [0, 0.05) is 6.54 Å². The van der Waals surface area contributed by atoms with Crippen molar-refractivity contribution in [2.75, 3.05) is 18.1 Å².